The molecule has 1 amide bonds. The van der Waals surface area contributed by atoms with Crippen LogP contribution in [0.5, 0.6) is 0 Å². The van der Waals surface area contributed by atoms with E-state index in [2.05, 4.69) is 27.9 Å². The van der Waals surface area contributed by atoms with E-state index >= 15 is 0 Å². The lowest BCUT2D eigenvalue weighted by Gasteiger charge is -2.27. The first-order valence-corrected chi connectivity index (χ1v) is 7.80. The normalized spacial score (nSPS) is 23.6. The first kappa shape index (κ1) is 13.8. The van der Waals surface area contributed by atoms with Crippen molar-refractivity contribution in [1.82, 2.24) is 5.32 Å². The molecule has 0 aromatic carbocycles. The van der Waals surface area contributed by atoms with Crippen molar-refractivity contribution in [3.05, 3.63) is 19.9 Å². The summed E-state index contributed by atoms with van der Waals surface area (Å²) in [6.45, 7) is 0. The first-order chi connectivity index (χ1) is 8.56. The van der Waals surface area contributed by atoms with Crippen LogP contribution in [0, 0.1) is 8.80 Å². The van der Waals surface area contributed by atoms with Gasteiger partial charge < -0.3 is 10.4 Å². The molecule has 2 rings (SSSR count). The van der Waals surface area contributed by atoms with Crippen LogP contribution in [0.25, 0.3) is 0 Å². The SMILES string of the molecule is O=C(NC1CCCC(C(=O)O)C1)c1csc(I)c1. The molecule has 1 saturated carbocycles. The number of rotatable bonds is 3. The van der Waals surface area contributed by atoms with Crippen molar-refractivity contribution < 1.29 is 14.7 Å². The van der Waals surface area contributed by atoms with Crippen molar-refractivity contribution in [3.63, 3.8) is 0 Å². The van der Waals surface area contributed by atoms with E-state index in [0.29, 0.717) is 12.0 Å². The van der Waals surface area contributed by atoms with E-state index in [1.807, 2.05) is 11.4 Å². The number of halogens is 1. The van der Waals surface area contributed by atoms with Gasteiger partial charge in [0.25, 0.3) is 5.91 Å². The average molecular weight is 379 g/mol. The Hall–Kier alpha value is -0.630. The topological polar surface area (TPSA) is 66.4 Å². The van der Waals surface area contributed by atoms with Crippen LogP contribution in [0.2, 0.25) is 0 Å². The van der Waals surface area contributed by atoms with Crippen LogP contribution in [0.15, 0.2) is 11.4 Å². The molecule has 18 heavy (non-hydrogen) atoms. The summed E-state index contributed by atoms with van der Waals surface area (Å²) in [4.78, 5) is 22.9. The van der Waals surface area contributed by atoms with E-state index in [1.165, 1.54) is 11.3 Å². The second-order valence-electron chi connectivity index (χ2n) is 4.51. The average Bonchev–Trinajstić information content (AvgIpc) is 2.76. The Bertz CT molecular complexity index is 460. The predicted molar refractivity (Wildman–Crippen MR) is 77.9 cm³/mol. The molecule has 0 bridgehead atoms. The number of nitrogens with one attached hydrogen (secondary N) is 1. The van der Waals surface area contributed by atoms with Crippen molar-refractivity contribution in [2.24, 2.45) is 5.92 Å². The van der Waals surface area contributed by atoms with E-state index in [9.17, 15) is 9.59 Å². The van der Waals surface area contributed by atoms with Gasteiger partial charge in [0.05, 0.1) is 14.4 Å². The molecule has 1 aromatic heterocycles. The maximum Gasteiger partial charge on any atom is 0.306 e. The minimum absolute atomic E-state index is 0.00934. The van der Waals surface area contributed by atoms with E-state index in [-0.39, 0.29) is 17.9 Å². The van der Waals surface area contributed by atoms with Gasteiger partial charge in [0.2, 0.25) is 0 Å². The lowest BCUT2D eigenvalue weighted by atomic mass is 9.86. The fourth-order valence-electron chi connectivity index (χ4n) is 2.24. The van der Waals surface area contributed by atoms with Crippen LogP contribution in [0.4, 0.5) is 0 Å². The van der Waals surface area contributed by atoms with Gasteiger partial charge in [-0.3, -0.25) is 9.59 Å². The molecule has 4 nitrogen and oxygen atoms in total. The molecule has 1 fully saturated rings. The minimum Gasteiger partial charge on any atom is -0.481 e. The standard InChI is InChI=1S/C12H14INO3S/c13-10-5-8(6-18-10)11(15)14-9-3-1-2-7(4-9)12(16)17/h5-7,9H,1-4H2,(H,14,15)(H,16,17). The molecule has 0 radical (unpaired) electrons. The Morgan fingerprint density at radius 1 is 1.44 bits per heavy atom. The molecule has 2 N–H and O–H groups in total. The van der Waals surface area contributed by atoms with Crippen LogP contribution >= 0.6 is 33.9 Å². The molecule has 2 unspecified atom stereocenters. The van der Waals surface area contributed by atoms with Crippen molar-refractivity contribution in [3.8, 4) is 0 Å². The molecule has 0 aliphatic heterocycles. The highest BCUT2D eigenvalue weighted by Gasteiger charge is 2.28. The third kappa shape index (κ3) is 3.44. The van der Waals surface area contributed by atoms with Gasteiger partial charge in [0.15, 0.2) is 0 Å². The number of carbonyl (C=O) groups is 2. The highest BCUT2D eigenvalue weighted by atomic mass is 127. The third-order valence-corrected chi connectivity index (χ3v) is 4.98. The molecule has 2 atom stereocenters. The molecule has 98 valence electrons. The molecular weight excluding hydrogens is 365 g/mol. The summed E-state index contributed by atoms with van der Waals surface area (Å²) in [5, 5.41) is 13.8. The number of thiophene rings is 1. The van der Waals surface area contributed by atoms with Gasteiger partial charge in [-0.2, -0.15) is 0 Å². The van der Waals surface area contributed by atoms with Gasteiger partial charge >= 0.3 is 5.97 Å². The summed E-state index contributed by atoms with van der Waals surface area (Å²) in [5.74, 6) is -1.16. The zero-order valence-electron chi connectivity index (χ0n) is 9.69. The van der Waals surface area contributed by atoms with Crippen molar-refractivity contribution in [2.45, 2.75) is 31.7 Å². The Morgan fingerprint density at radius 3 is 2.83 bits per heavy atom. The first-order valence-electron chi connectivity index (χ1n) is 5.84. The molecule has 1 heterocycles. The highest BCUT2D eigenvalue weighted by Crippen LogP contribution is 2.25. The number of hydrogen-bond donors (Lipinski definition) is 2. The lowest BCUT2D eigenvalue weighted by molar-refractivity contribution is -0.143. The quantitative estimate of drug-likeness (QED) is 0.794. The fourth-order valence-corrected chi connectivity index (χ4v) is 3.57. The smallest absolute Gasteiger partial charge is 0.306 e. The highest BCUT2D eigenvalue weighted by molar-refractivity contribution is 14.1. The fraction of sp³-hybridized carbons (Fsp3) is 0.500. The largest absolute Gasteiger partial charge is 0.481 e. The van der Waals surface area contributed by atoms with Crippen molar-refractivity contribution in [1.29, 1.82) is 0 Å². The summed E-state index contributed by atoms with van der Waals surface area (Å²) in [6.07, 6.45) is 3.00. The molecule has 1 aliphatic rings. The minimum atomic E-state index is -0.751. The lowest BCUT2D eigenvalue weighted by Crippen LogP contribution is -2.39. The maximum atomic E-state index is 11.9. The molecule has 1 aromatic rings. The summed E-state index contributed by atoms with van der Waals surface area (Å²) in [7, 11) is 0. The second kappa shape index (κ2) is 6.01. The summed E-state index contributed by atoms with van der Waals surface area (Å²) in [5.41, 5.74) is 0.668. The van der Waals surface area contributed by atoms with Gasteiger partial charge in [-0.25, -0.2) is 0 Å². The van der Waals surface area contributed by atoms with E-state index in [4.69, 9.17) is 5.11 Å². The Labute approximate surface area is 123 Å². The van der Waals surface area contributed by atoms with Crippen LogP contribution in [-0.4, -0.2) is 23.0 Å². The van der Waals surface area contributed by atoms with Crippen LogP contribution < -0.4 is 5.32 Å². The third-order valence-electron chi connectivity index (χ3n) is 3.19. The van der Waals surface area contributed by atoms with E-state index in [0.717, 1.165) is 22.1 Å². The molecule has 1 aliphatic carbocycles. The summed E-state index contributed by atoms with van der Waals surface area (Å²) < 4.78 is 1.07. The zero-order chi connectivity index (χ0) is 13.1. The number of hydrogen-bond acceptors (Lipinski definition) is 3. The van der Waals surface area contributed by atoms with Gasteiger partial charge in [-0.05, 0) is 47.9 Å². The number of carboxylic acid groups (broad SMARTS) is 1. The number of carboxylic acids is 1. The van der Waals surface area contributed by atoms with Gasteiger partial charge in [0.1, 0.15) is 0 Å². The summed E-state index contributed by atoms with van der Waals surface area (Å²) in [6, 6.07) is 1.84. The van der Waals surface area contributed by atoms with Crippen LogP contribution in [0.3, 0.4) is 0 Å². The molecular formula is C12H14INO3S. The number of amides is 1. The predicted octanol–water partition coefficient (Wildman–Crippen LogP) is 2.73. The molecule has 0 spiro atoms. The number of carbonyl (C=O) groups excluding carboxylic acids is 1. The zero-order valence-corrected chi connectivity index (χ0v) is 12.7. The molecule has 0 saturated heterocycles. The monoisotopic (exact) mass is 379 g/mol. The van der Waals surface area contributed by atoms with Gasteiger partial charge in [0, 0.05) is 11.4 Å². The van der Waals surface area contributed by atoms with Crippen LogP contribution in [-0.2, 0) is 4.79 Å². The van der Waals surface area contributed by atoms with Crippen molar-refractivity contribution >= 4 is 45.8 Å². The Kier molecular flexibility index (Phi) is 4.60. The van der Waals surface area contributed by atoms with Gasteiger partial charge in [-0.1, -0.05) is 6.42 Å². The van der Waals surface area contributed by atoms with E-state index in [1.54, 1.807) is 0 Å². The van der Waals surface area contributed by atoms with Crippen molar-refractivity contribution in [2.75, 3.05) is 0 Å². The Morgan fingerprint density at radius 2 is 2.22 bits per heavy atom. The Balaban J connectivity index is 1.93. The second-order valence-corrected chi connectivity index (χ2v) is 7.32. The number of aliphatic carboxylic acids is 1. The molecule has 6 heteroatoms. The maximum absolute atomic E-state index is 11.9. The van der Waals surface area contributed by atoms with E-state index < -0.39 is 5.97 Å². The summed E-state index contributed by atoms with van der Waals surface area (Å²) >= 11 is 3.71. The van der Waals surface area contributed by atoms with Gasteiger partial charge in [-0.15, -0.1) is 11.3 Å². The van der Waals surface area contributed by atoms with Crippen LogP contribution in [0.1, 0.15) is 36.0 Å².